The second-order valence-corrected chi connectivity index (χ2v) is 6.37. The van der Waals surface area contributed by atoms with Gasteiger partial charge in [-0.05, 0) is 12.1 Å². The number of nitrogens with one attached hydrogen (secondary N) is 1. The SMILES string of the molecule is COC(=O)c1cc(OC)c(OC)cc1NC(=O)CCSc1ccccc1. The molecule has 0 atom stereocenters. The van der Waals surface area contributed by atoms with Crippen molar-refractivity contribution < 1.29 is 23.8 Å². The lowest BCUT2D eigenvalue weighted by Crippen LogP contribution is -2.16. The van der Waals surface area contributed by atoms with E-state index in [1.165, 1.54) is 27.4 Å². The van der Waals surface area contributed by atoms with Crippen molar-refractivity contribution in [3.05, 3.63) is 48.0 Å². The molecule has 0 heterocycles. The molecule has 0 fully saturated rings. The van der Waals surface area contributed by atoms with Crippen LogP contribution in [0, 0.1) is 0 Å². The van der Waals surface area contributed by atoms with Gasteiger partial charge in [0.05, 0.1) is 32.6 Å². The van der Waals surface area contributed by atoms with Crippen molar-refractivity contribution in [2.45, 2.75) is 11.3 Å². The summed E-state index contributed by atoms with van der Waals surface area (Å²) in [6.07, 6.45) is 0.300. The quantitative estimate of drug-likeness (QED) is 0.561. The highest BCUT2D eigenvalue weighted by Gasteiger charge is 2.19. The van der Waals surface area contributed by atoms with Crippen LogP contribution >= 0.6 is 11.8 Å². The number of carbonyl (C=O) groups is 2. The van der Waals surface area contributed by atoms with E-state index in [4.69, 9.17) is 14.2 Å². The number of thioether (sulfide) groups is 1. The molecule has 26 heavy (non-hydrogen) atoms. The average Bonchev–Trinajstić information content (AvgIpc) is 2.67. The minimum absolute atomic E-state index is 0.203. The maximum atomic E-state index is 12.3. The van der Waals surface area contributed by atoms with Crippen LogP contribution in [0.25, 0.3) is 0 Å². The van der Waals surface area contributed by atoms with Crippen LogP contribution in [0.3, 0.4) is 0 Å². The third-order valence-corrected chi connectivity index (χ3v) is 4.56. The first-order valence-electron chi connectivity index (χ1n) is 7.91. The zero-order chi connectivity index (χ0) is 18.9. The van der Waals surface area contributed by atoms with E-state index < -0.39 is 5.97 Å². The van der Waals surface area contributed by atoms with E-state index in [2.05, 4.69) is 5.32 Å². The van der Waals surface area contributed by atoms with Crippen molar-refractivity contribution in [1.82, 2.24) is 0 Å². The molecule has 0 spiro atoms. The third kappa shape index (κ3) is 5.16. The molecular weight excluding hydrogens is 354 g/mol. The number of ether oxygens (including phenoxy) is 3. The molecule has 0 aromatic heterocycles. The lowest BCUT2D eigenvalue weighted by atomic mass is 10.1. The van der Waals surface area contributed by atoms with Crippen LogP contribution in [0.5, 0.6) is 11.5 Å². The molecule has 6 nitrogen and oxygen atoms in total. The summed E-state index contributed by atoms with van der Waals surface area (Å²) in [6.45, 7) is 0. The molecular formula is C19H21NO5S. The molecule has 0 aliphatic rings. The Labute approximate surface area is 156 Å². The predicted molar refractivity (Wildman–Crippen MR) is 101 cm³/mol. The van der Waals surface area contributed by atoms with Crippen LogP contribution in [0.1, 0.15) is 16.8 Å². The van der Waals surface area contributed by atoms with Crippen LogP contribution in [0.15, 0.2) is 47.4 Å². The molecule has 0 radical (unpaired) electrons. The zero-order valence-electron chi connectivity index (χ0n) is 14.9. The van der Waals surface area contributed by atoms with Crippen LogP contribution in [0.2, 0.25) is 0 Å². The monoisotopic (exact) mass is 375 g/mol. The molecule has 138 valence electrons. The summed E-state index contributed by atoms with van der Waals surface area (Å²) < 4.78 is 15.2. The number of benzene rings is 2. The van der Waals surface area contributed by atoms with Gasteiger partial charge in [0.25, 0.3) is 0 Å². The van der Waals surface area contributed by atoms with Gasteiger partial charge in [-0.1, -0.05) is 18.2 Å². The van der Waals surface area contributed by atoms with E-state index in [1.807, 2.05) is 30.3 Å². The first kappa shape index (κ1) is 19.7. The van der Waals surface area contributed by atoms with Crippen molar-refractivity contribution >= 4 is 29.3 Å². The Morgan fingerprint density at radius 2 is 1.65 bits per heavy atom. The van der Waals surface area contributed by atoms with E-state index in [9.17, 15) is 9.59 Å². The summed E-state index contributed by atoms with van der Waals surface area (Å²) in [7, 11) is 4.23. The fraction of sp³-hybridized carbons (Fsp3) is 0.263. The fourth-order valence-corrected chi connectivity index (χ4v) is 3.12. The largest absolute Gasteiger partial charge is 0.493 e. The van der Waals surface area contributed by atoms with Gasteiger partial charge in [0, 0.05) is 29.2 Å². The number of hydrogen-bond acceptors (Lipinski definition) is 6. The Kier molecular flexibility index (Phi) is 7.35. The molecule has 0 saturated heterocycles. The Bertz CT molecular complexity index is 764. The molecule has 0 bridgehead atoms. The summed E-state index contributed by atoms with van der Waals surface area (Å²) in [4.78, 5) is 25.4. The van der Waals surface area contributed by atoms with Crippen molar-refractivity contribution in [2.24, 2.45) is 0 Å². The number of carbonyl (C=O) groups excluding carboxylic acids is 2. The molecule has 1 amide bonds. The molecule has 0 aliphatic heterocycles. The predicted octanol–water partition coefficient (Wildman–Crippen LogP) is 3.61. The molecule has 2 aromatic carbocycles. The van der Waals surface area contributed by atoms with E-state index in [1.54, 1.807) is 17.8 Å². The number of hydrogen-bond donors (Lipinski definition) is 1. The van der Waals surface area contributed by atoms with E-state index in [0.29, 0.717) is 29.4 Å². The van der Waals surface area contributed by atoms with Crippen molar-refractivity contribution in [2.75, 3.05) is 32.4 Å². The van der Waals surface area contributed by atoms with Gasteiger partial charge < -0.3 is 19.5 Å². The third-order valence-electron chi connectivity index (χ3n) is 3.54. The average molecular weight is 375 g/mol. The molecule has 2 rings (SSSR count). The Hall–Kier alpha value is -2.67. The minimum atomic E-state index is -0.570. The number of rotatable bonds is 8. The van der Waals surface area contributed by atoms with Gasteiger partial charge in [0.1, 0.15) is 0 Å². The zero-order valence-corrected chi connectivity index (χ0v) is 15.7. The van der Waals surface area contributed by atoms with Crippen molar-refractivity contribution in [1.29, 1.82) is 0 Å². The van der Waals surface area contributed by atoms with Gasteiger partial charge in [-0.25, -0.2) is 4.79 Å². The number of methoxy groups -OCH3 is 3. The summed E-state index contributed by atoms with van der Waals surface area (Å²) in [6, 6.07) is 12.9. The first-order valence-corrected chi connectivity index (χ1v) is 8.89. The molecule has 7 heteroatoms. The minimum Gasteiger partial charge on any atom is -0.493 e. The van der Waals surface area contributed by atoms with Gasteiger partial charge in [-0.2, -0.15) is 0 Å². The molecule has 0 unspecified atom stereocenters. The van der Waals surface area contributed by atoms with E-state index in [-0.39, 0.29) is 11.5 Å². The van der Waals surface area contributed by atoms with Crippen molar-refractivity contribution in [3.63, 3.8) is 0 Å². The highest BCUT2D eigenvalue weighted by Crippen LogP contribution is 2.34. The standard InChI is InChI=1S/C19H21NO5S/c1-23-16-11-14(19(22)25-3)15(12-17(16)24-2)20-18(21)9-10-26-13-7-5-4-6-8-13/h4-8,11-12H,9-10H2,1-3H3,(H,20,21). The Balaban J connectivity index is 2.08. The normalized spacial score (nSPS) is 10.1. The van der Waals surface area contributed by atoms with Crippen LogP contribution < -0.4 is 14.8 Å². The fourth-order valence-electron chi connectivity index (χ4n) is 2.25. The lowest BCUT2D eigenvalue weighted by molar-refractivity contribution is -0.115. The summed E-state index contributed by atoms with van der Waals surface area (Å²) in [5.41, 5.74) is 0.526. The number of esters is 1. The second-order valence-electron chi connectivity index (χ2n) is 5.20. The van der Waals surface area contributed by atoms with Crippen LogP contribution in [0.4, 0.5) is 5.69 Å². The summed E-state index contributed by atoms with van der Waals surface area (Å²) in [5, 5.41) is 2.75. The topological polar surface area (TPSA) is 73.9 Å². The van der Waals surface area contributed by atoms with E-state index in [0.717, 1.165) is 4.90 Å². The first-order chi connectivity index (χ1) is 12.6. The highest BCUT2D eigenvalue weighted by atomic mass is 32.2. The highest BCUT2D eigenvalue weighted by molar-refractivity contribution is 7.99. The van der Waals surface area contributed by atoms with Gasteiger partial charge in [0.2, 0.25) is 5.91 Å². The Morgan fingerprint density at radius 1 is 1.00 bits per heavy atom. The van der Waals surface area contributed by atoms with Gasteiger partial charge in [-0.15, -0.1) is 11.8 Å². The van der Waals surface area contributed by atoms with Gasteiger partial charge in [0.15, 0.2) is 11.5 Å². The van der Waals surface area contributed by atoms with E-state index >= 15 is 0 Å². The maximum Gasteiger partial charge on any atom is 0.340 e. The second kappa shape index (κ2) is 9.72. The summed E-state index contributed by atoms with van der Waals surface area (Å²) in [5.74, 6) is 0.641. The van der Waals surface area contributed by atoms with Gasteiger partial charge in [-0.3, -0.25) is 4.79 Å². The smallest absolute Gasteiger partial charge is 0.340 e. The van der Waals surface area contributed by atoms with Crippen molar-refractivity contribution in [3.8, 4) is 11.5 Å². The van der Waals surface area contributed by atoms with Crippen LogP contribution in [-0.2, 0) is 9.53 Å². The number of anilines is 1. The molecule has 0 aliphatic carbocycles. The van der Waals surface area contributed by atoms with Gasteiger partial charge >= 0.3 is 5.97 Å². The molecule has 0 saturated carbocycles. The molecule has 1 N–H and O–H groups in total. The Morgan fingerprint density at radius 3 is 2.27 bits per heavy atom. The molecule has 2 aromatic rings. The maximum absolute atomic E-state index is 12.3. The van der Waals surface area contributed by atoms with Crippen LogP contribution in [-0.4, -0.2) is 39.0 Å². The number of amides is 1. The summed E-state index contributed by atoms with van der Waals surface area (Å²) >= 11 is 1.59. The lowest BCUT2D eigenvalue weighted by Gasteiger charge is -2.14.